The van der Waals surface area contributed by atoms with Gasteiger partial charge in [-0.3, -0.25) is 0 Å². The van der Waals surface area contributed by atoms with Gasteiger partial charge in [-0.15, -0.1) is 0 Å². The third kappa shape index (κ3) is 3.65. The van der Waals surface area contributed by atoms with E-state index in [2.05, 4.69) is 200 Å². The van der Waals surface area contributed by atoms with E-state index in [1.165, 1.54) is 117 Å². The van der Waals surface area contributed by atoms with Gasteiger partial charge in [0, 0.05) is 56.0 Å². The van der Waals surface area contributed by atoms with Gasteiger partial charge < -0.3 is 14.1 Å². The Kier molecular flexibility index (Phi) is 5.71. The van der Waals surface area contributed by atoms with Crippen molar-refractivity contribution in [3.05, 3.63) is 198 Å². The summed E-state index contributed by atoms with van der Waals surface area (Å²) in [5, 5.41) is 4.87. The van der Waals surface area contributed by atoms with Crippen LogP contribution in [0.5, 0.6) is 0 Å². The van der Waals surface area contributed by atoms with Crippen LogP contribution in [0.4, 0.5) is 28.4 Å². The number of rotatable bonds is 1. The van der Waals surface area contributed by atoms with Crippen LogP contribution in [-0.2, 0) is 10.8 Å². The predicted molar refractivity (Wildman–Crippen MR) is 254 cm³/mol. The van der Waals surface area contributed by atoms with Crippen molar-refractivity contribution in [3.8, 4) is 33.4 Å². The number of para-hydroxylation sites is 2. The number of hydrogen-bond acceptors (Lipinski definition) is 3. The standard InChI is InChI=1S/C57H37BN2O/c1-56(2)41-23-14-24-43-55(41)59(45-30-34-18-8-7-17-33(34)29-42(45)56)46-31-48-49(38-20-10-12-26-47(38)61-48)50-39-28-27-35(32-15-5-4-6-16-32)52-54(39)60(58(43)53(46)50)44-25-13-21-37-36-19-9-11-22-40(36)57(52,3)51(37)44/h4-31H,1-3H3. The lowest BCUT2D eigenvalue weighted by Gasteiger charge is -2.53. The Balaban J connectivity index is 1.17. The van der Waals surface area contributed by atoms with Crippen molar-refractivity contribution in [2.24, 2.45) is 0 Å². The van der Waals surface area contributed by atoms with Gasteiger partial charge in [0.25, 0.3) is 0 Å². The molecule has 1 aromatic heterocycles. The lowest BCUT2D eigenvalue weighted by Crippen LogP contribution is -2.63. The van der Waals surface area contributed by atoms with E-state index >= 15 is 0 Å². The van der Waals surface area contributed by atoms with Gasteiger partial charge in [-0.05, 0) is 109 Å². The number of hydrogen-bond donors (Lipinski definition) is 0. The summed E-state index contributed by atoms with van der Waals surface area (Å²) >= 11 is 0. The quantitative estimate of drug-likeness (QED) is 0.155. The molecule has 4 heteroatoms. The fourth-order valence-corrected chi connectivity index (χ4v) is 12.9. The summed E-state index contributed by atoms with van der Waals surface area (Å²) in [6.45, 7) is 7.24. The maximum Gasteiger partial charge on any atom is 0.333 e. The molecule has 0 spiro atoms. The van der Waals surface area contributed by atoms with Crippen LogP contribution in [0.3, 0.4) is 0 Å². The van der Waals surface area contributed by atoms with Crippen LogP contribution in [0.2, 0.25) is 0 Å². The molecule has 5 heterocycles. The first kappa shape index (κ1) is 32.5. The van der Waals surface area contributed by atoms with Gasteiger partial charge in [-0.1, -0.05) is 153 Å². The summed E-state index contributed by atoms with van der Waals surface area (Å²) in [5.74, 6) is 0. The molecule has 10 aromatic rings. The molecular weight excluding hydrogens is 739 g/mol. The van der Waals surface area contributed by atoms with E-state index in [0.29, 0.717) is 0 Å². The first-order valence-corrected chi connectivity index (χ1v) is 21.6. The Morgan fingerprint density at radius 3 is 2.10 bits per heavy atom. The van der Waals surface area contributed by atoms with Crippen LogP contribution in [-0.4, -0.2) is 6.85 Å². The first-order valence-electron chi connectivity index (χ1n) is 21.6. The lowest BCUT2D eigenvalue weighted by molar-refractivity contribution is 0.633. The third-order valence-electron chi connectivity index (χ3n) is 15.3. The molecule has 0 amide bonds. The Labute approximate surface area is 354 Å². The smallest absolute Gasteiger partial charge is 0.333 e. The molecule has 0 radical (unpaired) electrons. The fraction of sp³-hybridized carbons (Fsp3) is 0.0877. The molecule has 5 aliphatic rings. The van der Waals surface area contributed by atoms with Gasteiger partial charge >= 0.3 is 6.85 Å². The van der Waals surface area contributed by atoms with Gasteiger partial charge in [-0.25, -0.2) is 0 Å². The molecule has 1 aliphatic carbocycles. The molecule has 9 aromatic carbocycles. The second-order valence-electron chi connectivity index (χ2n) is 18.5. The highest BCUT2D eigenvalue weighted by molar-refractivity contribution is 6.94. The molecule has 0 saturated carbocycles. The van der Waals surface area contributed by atoms with Crippen molar-refractivity contribution in [3.63, 3.8) is 0 Å². The predicted octanol–water partition coefficient (Wildman–Crippen LogP) is 13.4. The van der Waals surface area contributed by atoms with E-state index < -0.39 is 5.41 Å². The van der Waals surface area contributed by atoms with Crippen molar-refractivity contribution in [2.45, 2.75) is 31.6 Å². The molecule has 3 nitrogen and oxygen atoms in total. The molecule has 1 atom stereocenters. The van der Waals surface area contributed by atoms with Crippen molar-refractivity contribution in [1.82, 2.24) is 0 Å². The highest BCUT2D eigenvalue weighted by atomic mass is 16.3. The maximum atomic E-state index is 6.99. The van der Waals surface area contributed by atoms with E-state index in [1.54, 1.807) is 0 Å². The Morgan fingerprint density at radius 1 is 0.492 bits per heavy atom. The van der Waals surface area contributed by atoms with E-state index in [0.717, 1.165) is 16.6 Å². The number of furan rings is 1. The average molecular weight is 777 g/mol. The van der Waals surface area contributed by atoms with E-state index in [4.69, 9.17) is 4.42 Å². The Bertz CT molecular complexity index is 3670. The Hall–Kier alpha value is -7.30. The molecule has 61 heavy (non-hydrogen) atoms. The van der Waals surface area contributed by atoms with Crippen molar-refractivity contribution in [1.29, 1.82) is 0 Å². The van der Waals surface area contributed by atoms with Gasteiger partial charge in [0.2, 0.25) is 0 Å². The minimum atomic E-state index is -0.402. The molecule has 4 aliphatic heterocycles. The zero-order valence-electron chi connectivity index (χ0n) is 34.0. The van der Waals surface area contributed by atoms with Crippen molar-refractivity contribution >= 4 is 78.9 Å². The van der Waals surface area contributed by atoms with Crippen LogP contribution in [0.1, 0.15) is 48.6 Å². The third-order valence-corrected chi connectivity index (χ3v) is 15.3. The SMILES string of the molecule is CC1(C)c2cc3ccccc3cc2N2c3cc4oc5ccccc5c4c4c3B(c3cccc1c32)N1c2cccc3c2C(C)(c2ccccc2-3)c2c(-c3ccccc3)ccc-4c21. The topological polar surface area (TPSA) is 19.6 Å². The second-order valence-corrected chi connectivity index (χ2v) is 18.5. The van der Waals surface area contributed by atoms with Crippen LogP contribution >= 0.6 is 0 Å². The van der Waals surface area contributed by atoms with E-state index in [-0.39, 0.29) is 12.3 Å². The molecule has 284 valence electrons. The summed E-state index contributed by atoms with van der Waals surface area (Å²) in [4.78, 5) is 5.39. The van der Waals surface area contributed by atoms with Crippen LogP contribution < -0.4 is 20.6 Å². The summed E-state index contributed by atoms with van der Waals surface area (Å²) < 4.78 is 6.99. The second kappa shape index (κ2) is 10.7. The van der Waals surface area contributed by atoms with Gasteiger partial charge in [-0.2, -0.15) is 0 Å². The fourth-order valence-electron chi connectivity index (χ4n) is 12.9. The van der Waals surface area contributed by atoms with E-state index in [1.807, 2.05) is 0 Å². The summed E-state index contributed by atoms with van der Waals surface area (Å²) in [7, 11) is 0. The minimum absolute atomic E-state index is 0.107. The number of fused-ring (bicyclic) bond motifs is 16. The van der Waals surface area contributed by atoms with E-state index in [9.17, 15) is 0 Å². The number of anilines is 5. The molecule has 0 fully saturated rings. The maximum absolute atomic E-state index is 6.99. The molecule has 1 unspecified atom stereocenters. The molecule has 0 N–H and O–H groups in total. The van der Waals surface area contributed by atoms with Gasteiger partial charge in [0.15, 0.2) is 0 Å². The van der Waals surface area contributed by atoms with Gasteiger partial charge in [0.1, 0.15) is 11.2 Å². The first-order chi connectivity index (χ1) is 29.9. The van der Waals surface area contributed by atoms with Gasteiger partial charge in [0.05, 0.1) is 5.69 Å². The van der Waals surface area contributed by atoms with Crippen molar-refractivity contribution < 1.29 is 4.42 Å². The number of benzene rings is 9. The average Bonchev–Trinajstić information content (AvgIpc) is 3.80. The summed E-state index contributed by atoms with van der Waals surface area (Å²) in [6, 6.07) is 64.1. The summed E-state index contributed by atoms with van der Waals surface area (Å²) in [6.07, 6.45) is 0. The van der Waals surface area contributed by atoms with Crippen LogP contribution in [0.15, 0.2) is 174 Å². The zero-order chi connectivity index (χ0) is 40.1. The summed E-state index contributed by atoms with van der Waals surface area (Å²) in [5.41, 5.74) is 24.8. The monoisotopic (exact) mass is 776 g/mol. The van der Waals surface area contributed by atoms with Crippen LogP contribution in [0, 0.1) is 0 Å². The molecule has 0 saturated heterocycles. The minimum Gasteiger partial charge on any atom is -0.456 e. The Morgan fingerprint density at radius 2 is 1.21 bits per heavy atom. The largest absolute Gasteiger partial charge is 0.456 e. The molecule has 15 rings (SSSR count). The number of nitrogens with zero attached hydrogens (tertiary/aromatic N) is 2. The normalized spacial score (nSPS) is 17.5. The lowest BCUT2D eigenvalue weighted by atomic mass is 9.41. The molecule has 0 bridgehead atoms. The highest BCUT2D eigenvalue weighted by Gasteiger charge is 2.57. The van der Waals surface area contributed by atoms with Crippen LogP contribution in [0.25, 0.3) is 66.1 Å². The zero-order valence-corrected chi connectivity index (χ0v) is 34.0. The van der Waals surface area contributed by atoms with Crippen molar-refractivity contribution in [2.75, 3.05) is 9.71 Å². The molecular formula is C57H37BN2O. The highest BCUT2D eigenvalue weighted by Crippen LogP contribution is 2.66.